The van der Waals surface area contributed by atoms with E-state index in [0.717, 1.165) is 24.0 Å². The molecule has 1 rings (SSSR count). The van der Waals surface area contributed by atoms with Gasteiger partial charge in [-0.05, 0) is 6.07 Å². The van der Waals surface area contributed by atoms with E-state index in [0.29, 0.717) is 0 Å². The minimum atomic E-state index is -4.51. The van der Waals surface area contributed by atoms with E-state index < -0.39 is 24.6 Å². The van der Waals surface area contributed by atoms with Crippen LogP contribution in [0.25, 0.3) is 0 Å². The van der Waals surface area contributed by atoms with Crippen molar-refractivity contribution < 1.29 is 23.4 Å². The fourth-order valence-corrected chi connectivity index (χ4v) is 1.54. The van der Waals surface area contributed by atoms with Gasteiger partial charge >= 0.3 is 6.18 Å². The van der Waals surface area contributed by atoms with E-state index in [9.17, 15) is 13.2 Å². The van der Waals surface area contributed by atoms with Gasteiger partial charge in [-0.2, -0.15) is 13.2 Å². The van der Waals surface area contributed by atoms with Crippen molar-refractivity contribution in [2.24, 2.45) is 0 Å². The van der Waals surface area contributed by atoms with Crippen molar-refractivity contribution in [3.05, 3.63) is 18.0 Å². The quantitative estimate of drug-likeness (QED) is 0.618. The van der Waals surface area contributed by atoms with E-state index >= 15 is 0 Å². The van der Waals surface area contributed by atoms with Crippen molar-refractivity contribution in [3.8, 4) is 0 Å². The second-order valence-electron chi connectivity index (χ2n) is 2.87. The maximum atomic E-state index is 12.2. The summed E-state index contributed by atoms with van der Waals surface area (Å²) >= 11 is 0.851. The molecule has 1 atom stereocenters. The zero-order chi connectivity index (χ0) is 12.2. The number of halogens is 3. The molecule has 8 heteroatoms. The number of nitrogens with zero attached hydrogens (tertiary/aromatic N) is 2. The van der Waals surface area contributed by atoms with Crippen LogP contribution >= 0.6 is 11.8 Å². The first-order chi connectivity index (χ1) is 7.43. The van der Waals surface area contributed by atoms with Crippen LogP contribution in [0.15, 0.2) is 17.4 Å². The van der Waals surface area contributed by atoms with Crippen LogP contribution in [0, 0.1) is 0 Å². The number of hydrogen-bond donors (Lipinski definition) is 2. The molecule has 0 saturated heterocycles. The summed E-state index contributed by atoms with van der Waals surface area (Å²) in [6, 6.07) is 0.770. The molecule has 2 N–H and O–H groups in total. The third-order valence-electron chi connectivity index (χ3n) is 1.54. The molecule has 1 aromatic rings. The monoisotopic (exact) mass is 254 g/mol. The van der Waals surface area contributed by atoms with Gasteiger partial charge in [-0.15, -0.1) is 0 Å². The molecule has 0 radical (unpaired) electrons. The van der Waals surface area contributed by atoms with Gasteiger partial charge in [0.15, 0.2) is 5.16 Å². The standard InChI is InChI=1S/C8H9F3N2O2S/c9-8(10,11)6-1-2-12-7(13-6)16-4-5(15)3-14/h1-2,5,14-15H,3-4H2. The highest BCUT2D eigenvalue weighted by molar-refractivity contribution is 7.99. The molecule has 0 saturated carbocycles. The van der Waals surface area contributed by atoms with Gasteiger partial charge in [0, 0.05) is 11.9 Å². The van der Waals surface area contributed by atoms with Crippen molar-refractivity contribution in [1.82, 2.24) is 9.97 Å². The molecule has 0 amide bonds. The second-order valence-corrected chi connectivity index (χ2v) is 3.86. The minimum absolute atomic E-state index is 0.0395. The second kappa shape index (κ2) is 5.46. The largest absolute Gasteiger partial charge is 0.433 e. The maximum absolute atomic E-state index is 12.2. The smallest absolute Gasteiger partial charge is 0.394 e. The Morgan fingerprint density at radius 1 is 1.44 bits per heavy atom. The van der Waals surface area contributed by atoms with E-state index in [1.807, 2.05) is 0 Å². The Labute approximate surface area is 93.5 Å². The lowest BCUT2D eigenvalue weighted by atomic mass is 10.4. The fourth-order valence-electron chi connectivity index (χ4n) is 0.792. The molecule has 0 aromatic carbocycles. The van der Waals surface area contributed by atoms with Crippen LogP contribution in [0.5, 0.6) is 0 Å². The van der Waals surface area contributed by atoms with Crippen LogP contribution in [0.2, 0.25) is 0 Å². The number of aromatic nitrogens is 2. The first-order valence-electron chi connectivity index (χ1n) is 4.25. The lowest BCUT2D eigenvalue weighted by molar-refractivity contribution is -0.141. The molecule has 0 aliphatic rings. The SMILES string of the molecule is OCC(O)CSc1nccc(C(F)(F)F)n1. The van der Waals surface area contributed by atoms with Crippen LogP contribution in [-0.2, 0) is 6.18 Å². The van der Waals surface area contributed by atoms with E-state index in [1.54, 1.807) is 0 Å². The van der Waals surface area contributed by atoms with Crippen molar-refractivity contribution in [2.45, 2.75) is 17.4 Å². The van der Waals surface area contributed by atoms with Crippen LogP contribution in [-0.4, -0.2) is 38.6 Å². The molecule has 90 valence electrons. The summed E-state index contributed by atoms with van der Waals surface area (Å²) in [4.78, 5) is 6.90. The van der Waals surface area contributed by atoms with E-state index in [2.05, 4.69) is 9.97 Å². The number of aliphatic hydroxyl groups is 2. The molecule has 1 unspecified atom stereocenters. The molecule has 1 heterocycles. The van der Waals surface area contributed by atoms with Gasteiger partial charge in [-0.3, -0.25) is 0 Å². The predicted molar refractivity (Wildman–Crippen MR) is 50.9 cm³/mol. The van der Waals surface area contributed by atoms with Crippen molar-refractivity contribution in [3.63, 3.8) is 0 Å². The summed E-state index contributed by atoms with van der Waals surface area (Å²) in [5, 5.41) is 17.4. The normalized spacial score (nSPS) is 13.8. The summed E-state index contributed by atoms with van der Waals surface area (Å²) in [5.74, 6) is 0.0395. The highest BCUT2D eigenvalue weighted by Crippen LogP contribution is 2.28. The highest BCUT2D eigenvalue weighted by Gasteiger charge is 2.32. The number of thioether (sulfide) groups is 1. The lowest BCUT2D eigenvalue weighted by Gasteiger charge is -2.08. The highest BCUT2D eigenvalue weighted by atomic mass is 32.2. The van der Waals surface area contributed by atoms with Crippen molar-refractivity contribution in [1.29, 1.82) is 0 Å². The molecule has 4 nitrogen and oxygen atoms in total. The molecule has 0 aliphatic heterocycles. The zero-order valence-corrected chi connectivity index (χ0v) is 8.79. The Morgan fingerprint density at radius 3 is 2.69 bits per heavy atom. The number of aliphatic hydroxyl groups excluding tert-OH is 2. The van der Waals surface area contributed by atoms with E-state index in [-0.39, 0.29) is 10.9 Å². The summed E-state index contributed by atoms with van der Waals surface area (Å²) in [7, 11) is 0. The van der Waals surface area contributed by atoms with Crippen LogP contribution in [0.1, 0.15) is 5.69 Å². The molecule has 0 fully saturated rings. The average molecular weight is 254 g/mol. The van der Waals surface area contributed by atoms with Gasteiger partial charge in [0.1, 0.15) is 5.69 Å². The Balaban J connectivity index is 2.68. The number of rotatable bonds is 4. The molecular formula is C8H9F3N2O2S. The van der Waals surface area contributed by atoms with E-state index in [4.69, 9.17) is 10.2 Å². The number of hydrogen-bond acceptors (Lipinski definition) is 5. The molecule has 0 bridgehead atoms. The average Bonchev–Trinajstić information content (AvgIpc) is 2.25. The van der Waals surface area contributed by atoms with Gasteiger partial charge in [-0.25, -0.2) is 9.97 Å². The Kier molecular flexibility index (Phi) is 4.51. The third-order valence-corrected chi connectivity index (χ3v) is 2.55. The molecule has 0 spiro atoms. The first-order valence-corrected chi connectivity index (χ1v) is 5.24. The molecule has 0 aliphatic carbocycles. The van der Waals surface area contributed by atoms with Crippen LogP contribution in [0.4, 0.5) is 13.2 Å². The first kappa shape index (κ1) is 13.2. The summed E-state index contributed by atoms with van der Waals surface area (Å²) in [6.07, 6.45) is -4.50. The number of alkyl halides is 3. The topological polar surface area (TPSA) is 66.2 Å². The lowest BCUT2D eigenvalue weighted by Crippen LogP contribution is -2.15. The van der Waals surface area contributed by atoms with Gasteiger partial charge < -0.3 is 10.2 Å². The molecule has 1 aromatic heterocycles. The Bertz CT molecular complexity index is 348. The predicted octanol–water partition coefficient (Wildman–Crippen LogP) is 0.941. The van der Waals surface area contributed by atoms with Crippen LogP contribution < -0.4 is 0 Å². The van der Waals surface area contributed by atoms with Gasteiger partial charge in [-0.1, -0.05) is 11.8 Å². The Morgan fingerprint density at radius 2 is 2.12 bits per heavy atom. The Hall–Kier alpha value is -0.860. The molecular weight excluding hydrogens is 245 g/mol. The van der Waals surface area contributed by atoms with Gasteiger partial charge in [0.2, 0.25) is 0 Å². The zero-order valence-electron chi connectivity index (χ0n) is 7.98. The summed E-state index contributed by atoms with van der Waals surface area (Å²) in [5.41, 5.74) is -1.02. The van der Waals surface area contributed by atoms with Gasteiger partial charge in [0.05, 0.1) is 12.7 Å². The van der Waals surface area contributed by atoms with Gasteiger partial charge in [0.25, 0.3) is 0 Å². The van der Waals surface area contributed by atoms with Crippen LogP contribution in [0.3, 0.4) is 0 Å². The fraction of sp³-hybridized carbons (Fsp3) is 0.500. The molecule has 16 heavy (non-hydrogen) atoms. The van der Waals surface area contributed by atoms with E-state index in [1.165, 1.54) is 0 Å². The maximum Gasteiger partial charge on any atom is 0.433 e. The van der Waals surface area contributed by atoms with Crippen molar-refractivity contribution in [2.75, 3.05) is 12.4 Å². The summed E-state index contributed by atoms with van der Waals surface area (Å²) < 4.78 is 36.7. The van der Waals surface area contributed by atoms with Crippen molar-refractivity contribution >= 4 is 11.8 Å². The summed E-state index contributed by atoms with van der Waals surface area (Å²) in [6.45, 7) is -0.452. The third kappa shape index (κ3) is 3.95. The minimum Gasteiger partial charge on any atom is -0.394 e.